The van der Waals surface area contributed by atoms with Crippen molar-refractivity contribution in [3.63, 3.8) is 0 Å². The zero-order valence-corrected chi connectivity index (χ0v) is 10.9. The zero-order chi connectivity index (χ0) is 13.8. The maximum atomic E-state index is 13.1. The van der Waals surface area contributed by atoms with Crippen LogP contribution in [0.1, 0.15) is 23.7 Å². The van der Waals surface area contributed by atoms with Crippen molar-refractivity contribution in [3.05, 3.63) is 35.4 Å². The van der Waals surface area contributed by atoms with Crippen LogP contribution in [0.5, 0.6) is 0 Å². The molecule has 104 valence electrons. The Labute approximate surface area is 111 Å². The van der Waals surface area contributed by atoms with E-state index in [4.69, 9.17) is 4.74 Å². The summed E-state index contributed by atoms with van der Waals surface area (Å²) < 4.78 is 31.6. The van der Waals surface area contributed by atoms with Gasteiger partial charge in [-0.1, -0.05) is 6.92 Å². The highest BCUT2D eigenvalue weighted by atomic mass is 19.1. The lowest BCUT2D eigenvalue weighted by Gasteiger charge is -2.31. The second-order valence-corrected chi connectivity index (χ2v) is 4.68. The molecule has 19 heavy (non-hydrogen) atoms. The van der Waals surface area contributed by atoms with Crippen LogP contribution in [0.4, 0.5) is 8.78 Å². The number of Topliss-reactive ketones (excluding diaryl/α,β-unsaturated/α-hetero) is 1. The number of rotatable bonds is 4. The predicted octanol–water partition coefficient (Wildman–Crippen LogP) is 2.26. The van der Waals surface area contributed by atoms with Crippen molar-refractivity contribution in [2.24, 2.45) is 0 Å². The number of ether oxygens (including phenoxy) is 1. The van der Waals surface area contributed by atoms with Crippen LogP contribution < -0.4 is 0 Å². The van der Waals surface area contributed by atoms with Gasteiger partial charge in [0.25, 0.3) is 0 Å². The van der Waals surface area contributed by atoms with E-state index in [1.54, 1.807) is 0 Å². The highest BCUT2D eigenvalue weighted by Gasteiger charge is 2.27. The Balaban J connectivity index is 2.10. The number of halogens is 2. The standard InChI is InChI=1S/C14H17F2NO2/c1-2-3-17-4-5-19-13(9-17)14(18)10-6-11(15)8-12(16)7-10/h6-8,13H,2-5,9H2,1H3. The number of hydrogen-bond acceptors (Lipinski definition) is 3. The zero-order valence-electron chi connectivity index (χ0n) is 10.9. The highest BCUT2D eigenvalue weighted by molar-refractivity contribution is 5.99. The van der Waals surface area contributed by atoms with Crippen molar-refractivity contribution >= 4 is 5.78 Å². The summed E-state index contributed by atoms with van der Waals surface area (Å²) in [6.45, 7) is 4.69. The molecule has 0 radical (unpaired) electrons. The van der Waals surface area contributed by atoms with E-state index in [-0.39, 0.29) is 11.3 Å². The fourth-order valence-electron chi connectivity index (χ4n) is 2.26. The second-order valence-electron chi connectivity index (χ2n) is 4.68. The molecule has 1 atom stereocenters. The molecule has 2 rings (SSSR count). The Kier molecular flexibility index (Phi) is 4.61. The van der Waals surface area contributed by atoms with Crippen molar-refractivity contribution in [2.75, 3.05) is 26.2 Å². The fraction of sp³-hybridized carbons (Fsp3) is 0.500. The molecule has 1 aromatic carbocycles. The number of carbonyl (C=O) groups is 1. The molecule has 0 spiro atoms. The van der Waals surface area contributed by atoms with Gasteiger partial charge in [-0.3, -0.25) is 9.69 Å². The Morgan fingerprint density at radius 1 is 1.37 bits per heavy atom. The van der Waals surface area contributed by atoms with Gasteiger partial charge >= 0.3 is 0 Å². The van der Waals surface area contributed by atoms with E-state index in [1.807, 2.05) is 0 Å². The molecular formula is C14H17F2NO2. The van der Waals surface area contributed by atoms with E-state index in [1.165, 1.54) is 0 Å². The molecule has 0 N–H and O–H groups in total. The lowest BCUT2D eigenvalue weighted by atomic mass is 10.0. The van der Waals surface area contributed by atoms with E-state index >= 15 is 0 Å². The number of ketones is 1. The monoisotopic (exact) mass is 269 g/mol. The molecular weight excluding hydrogens is 252 g/mol. The van der Waals surface area contributed by atoms with E-state index in [0.29, 0.717) is 13.2 Å². The van der Waals surface area contributed by atoms with Crippen molar-refractivity contribution in [2.45, 2.75) is 19.4 Å². The molecule has 1 aliphatic heterocycles. The number of benzene rings is 1. The van der Waals surface area contributed by atoms with Crippen molar-refractivity contribution in [3.8, 4) is 0 Å². The SMILES string of the molecule is CCCN1CCOC(C(=O)c2cc(F)cc(F)c2)C1. The minimum atomic E-state index is -0.746. The van der Waals surface area contributed by atoms with Gasteiger partial charge in [0, 0.05) is 24.7 Å². The molecule has 0 amide bonds. The first-order valence-corrected chi connectivity index (χ1v) is 6.44. The summed E-state index contributed by atoms with van der Waals surface area (Å²) in [6, 6.07) is 2.85. The molecule has 1 heterocycles. The molecule has 0 aromatic heterocycles. The van der Waals surface area contributed by atoms with Crippen LogP contribution in [0.15, 0.2) is 18.2 Å². The third-order valence-corrected chi connectivity index (χ3v) is 3.13. The lowest BCUT2D eigenvalue weighted by molar-refractivity contribution is -0.0164. The Morgan fingerprint density at radius 3 is 2.68 bits per heavy atom. The average Bonchev–Trinajstić information content (AvgIpc) is 2.37. The first-order chi connectivity index (χ1) is 9.10. The van der Waals surface area contributed by atoms with Crippen LogP contribution >= 0.6 is 0 Å². The minimum Gasteiger partial charge on any atom is -0.367 e. The summed E-state index contributed by atoms with van der Waals surface area (Å²) in [4.78, 5) is 14.3. The average molecular weight is 269 g/mol. The summed E-state index contributed by atoms with van der Waals surface area (Å²) in [6.07, 6.45) is 0.358. The quantitative estimate of drug-likeness (QED) is 0.785. The topological polar surface area (TPSA) is 29.5 Å². The largest absolute Gasteiger partial charge is 0.367 e. The fourth-order valence-corrected chi connectivity index (χ4v) is 2.26. The van der Waals surface area contributed by atoms with E-state index in [0.717, 1.165) is 37.7 Å². The molecule has 0 bridgehead atoms. The predicted molar refractivity (Wildman–Crippen MR) is 67.2 cm³/mol. The first kappa shape index (κ1) is 14.1. The van der Waals surface area contributed by atoms with Gasteiger partial charge in [-0.05, 0) is 25.1 Å². The summed E-state index contributed by atoms with van der Waals surface area (Å²) in [5, 5.41) is 0. The highest BCUT2D eigenvalue weighted by Crippen LogP contribution is 2.15. The first-order valence-electron chi connectivity index (χ1n) is 6.44. The van der Waals surface area contributed by atoms with Gasteiger partial charge in [0.1, 0.15) is 17.7 Å². The van der Waals surface area contributed by atoms with Crippen molar-refractivity contribution in [1.82, 2.24) is 4.90 Å². The summed E-state index contributed by atoms with van der Waals surface area (Å²) in [5.74, 6) is -1.85. The van der Waals surface area contributed by atoms with Crippen LogP contribution in [-0.2, 0) is 4.74 Å². The normalized spacial score (nSPS) is 20.5. The van der Waals surface area contributed by atoms with Gasteiger partial charge < -0.3 is 4.74 Å². The number of carbonyl (C=O) groups excluding carboxylic acids is 1. The molecule has 1 unspecified atom stereocenters. The summed E-state index contributed by atoms with van der Waals surface area (Å²) in [5.41, 5.74) is 0.0286. The molecule has 0 saturated carbocycles. The van der Waals surface area contributed by atoms with Gasteiger partial charge in [-0.25, -0.2) is 8.78 Å². The molecule has 5 heteroatoms. The smallest absolute Gasteiger partial charge is 0.193 e. The molecule has 3 nitrogen and oxygen atoms in total. The van der Waals surface area contributed by atoms with Crippen LogP contribution in [0.2, 0.25) is 0 Å². The van der Waals surface area contributed by atoms with Gasteiger partial charge in [-0.2, -0.15) is 0 Å². The third kappa shape index (κ3) is 3.58. The van der Waals surface area contributed by atoms with Crippen LogP contribution in [0, 0.1) is 11.6 Å². The van der Waals surface area contributed by atoms with Gasteiger partial charge in [0.15, 0.2) is 5.78 Å². The molecule has 1 aliphatic rings. The van der Waals surface area contributed by atoms with Gasteiger partial charge in [-0.15, -0.1) is 0 Å². The molecule has 0 aliphatic carbocycles. The third-order valence-electron chi connectivity index (χ3n) is 3.13. The number of morpholine rings is 1. The Morgan fingerprint density at radius 2 is 2.05 bits per heavy atom. The molecule has 1 fully saturated rings. The Hall–Kier alpha value is -1.33. The van der Waals surface area contributed by atoms with E-state index in [9.17, 15) is 13.6 Å². The maximum Gasteiger partial charge on any atom is 0.193 e. The van der Waals surface area contributed by atoms with Crippen LogP contribution in [-0.4, -0.2) is 43.0 Å². The van der Waals surface area contributed by atoms with Crippen molar-refractivity contribution < 1.29 is 18.3 Å². The van der Waals surface area contributed by atoms with Gasteiger partial charge in [0.05, 0.1) is 6.61 Å². The van der Waals surface area contributed by atoms with E-state index < -0.39 is 17.7 Å². The van der Waals surface area contributed by atoms with Crippen LogP contribution in [0.3, 0.4) is 0 Å². The minimum absolute atomic E-state index is 0.0286. The number of hydrogen-bond donors (Lipinski definition) is 0. The molecule has 1 saturated heterocycles. The summed E-state index contributed by atoms with van der Waals surface area (Å²) >= 11 is 0. The number of nitrogens with zero attached hydrogens (tertiary/aromatic N) is 1. The molecule has 1 aromatic rings. The second kappa shape index (κ2) is 6.21. The van der Waals surface area contributed by atoms with Gasteiger partial charge in [0.2, 0.25) is 0 Å². The van der Waals surface area contributed by atoms with Crippen LogP contribution in [0.25, 0.3) is 0 Å². The lowest BCUT2D eigenvalue weighted by Crippen LogP contribution is -2.46. The van der Waals surface area contributed by atoms with E-state index in [2.05, 4.69) is 11.8 Å². The Bertz CT molecular complexity index is 443. The summed E-state index contributed by atoms with van der Waals surface area (Å²) in [7, 11) is 0. The maximum absolute atomic E-state index is 13.1. The van der Waals surface area contributed by atoms with Crippen molar-refractivity contribution in [1.29, 1.82) is 0 Å².